The Kier molecular flexibility index (Phi) is 3.85. The maximum atomic E-state index is 10.9. The lowest BCUT2D eigenvalue weighted by atomic mass is 10.3. The zero-order valence-corrected chi connectivity index (χ0v) is 9.92. The van der Waals surface area contributed by atoms with Crippen molar-refractivity contribution in [1.82, 2.24) is 0 Å². The molecule has 4 nitrogen and oxygen atoms in total. The van der Waals surface area contributed by atoms with E-state index in [4.69, 9.17) is 4.74 Å². The van der Waals surface area contributed by atoms with Gasteiger partial charge in [-0.05, 0) is 18.2 Å². The van der Waals surface area contributed by atoms with Crippen LogP contribution in [-0.4, -0.2) is 11.9 Å². The summed E-state index contributed by atoms with van der Waals surface area (Å²) in [5.74, 6) is -0.314. The number of amides is 1. The number of ether oxygens (including phenoxy) is 1. The summed E-state index contributed by atoms with van der Waals surface area (Å²) < 4.78 is 5.72. The second kappa shape index (κ2) is 4.93. The van der Waals surface area contributed by atoms with Gasteiger partial charge in [0.1, 0.15) is 0 Å². The van der Waals surface area contributed by atoms with Gasteiger partial charge in [-0.3, -0.25) is 9.59 Å². The normalized spacial score (nSPS) is 9.53. The monoisotopic (exact) mass is 271 g/mol. The van der Waals surface area contributed by atoms with Crippen molar-refractivity contribution in [3.63, 3.8) is 0 Å². The number of esters is 1. The van der Waals surface area contributed by atoms with E-state index in [1.807, 2.05) is 0 Å². The van der Waals surface area contributed by atoms with E-state index < -0.39 is 5.97 Å². The van der Waals surface area contributed by atoms with Crippen molar-refractivity contribution in [3.05, 3.63) is 22.7 Å². The van der Waals surface area contributed by atoms with E-state index in [0.717, 1.165) is 4.47 Å². The number of anilines is 1. The van der Waals surface area contributed by atoms with Gasteiger partial charge >= 0.3 is 5.97 Å². The van der Waals surface area contributed by atoms with E-state index in [0.29, 0.717) is 11.4 Å². The van der Waals surface area contributed by atoms with Crippen molar-refractivity contribution >= 4 is 33.5 Å². The summed E-state index contributed by atoms with van der Waals surface area (Å²) >= 11 is 3.26. The Bertz CT molecular complexity index is 404. The van der Waals surface area contributed by atoms with Crippen molar-refractivity contribution in [1.29, 1.82) is 0 Å². The molecule has 0 aliphatic heterocycles. The molecule has 0 saturated carbocycles. The molecule has 0 aliphatic rings. The van der Waals surface area contributed by atoms with E-state index in [9.17, 15) is 9.59 Å². The van der Waals surface area contributed by atoms with Crippen LogP contribution >= 0.6 is 15.9 Å². The SMILES string of the molecule is CC(=O)Nc1cc(Br)ccc1OC(C)=O. The molecule has 0 spiro atoms. The van der Waals surface area contributed by atoms with Crippen LogP contribution in [0.1, 0.15) is 13.8 Å². The fraction of sp³-hybridized carbons (Fsp3) is 0.200. The van der Waals surface area contributed by atoms with Gasteiger partial charge in [-0.2, -0.15) is 0 Å². The number of nitrogens with one attached hydrogen (secondary N) is 1. The van der Waals surface area contributed by atoms with Gasteiger partial charge in [0.2, 0.25) is 5.91 Å². The van der Waals surface area contributed by atoms with Crippen LogP contribution in [0.5, 0.6) is 5.75 Å². The van der Waals surface area contributed by atoms with E-state index >= 15 is 0 Å². The molecule has 0 unspecified atom stereocenters. The zero-order chi connectivity index (χ0) is 11.4. The molecule has 0 aromatic heterocycles. The molecule has 80 valence electrons. The highest BCUT2D eigenvalue weighted by Gasteiger charge is 2.07. The van der Waals surface area contributed by atoms with Crippen LogP contribution in [0.25, 0.3) is 0 Å². The van der Waals surface area contributed by atoms with Crippen molar-refractivity contribution < 1.29 is 14.3 Å². The first-order valence-electron chi connectivity index (χ1n) is 4.24. The first-order valence-corrected chi connectivity index (χ1v) is 5.04. The van der Waals surface area contributed by atoms with Gasteiger partial charge in [-0.15, -0.1) is 0 Å². The summed E-state index contributed by atoms with van der Waals surface area (Å²) in [6.45, 7) is 2.69. The average molecular weight is 272 g/mol. The molecule has 0 bridgehead atoms. The van der Waals surface area contributed by atoms with Gasteiger partial charge in [-0.25, -0.2) is 0 Å². The summed E-state index contributed by atoms with van der Waals surface area (Å²) in [4.78, 5) is 21.7. The van der Waals surface area contributed by atoms with Gasteiger partial charge < -0.3 is 10.1 Å². The van der Waals surface area contributed by atoms with Gasteiger partial charge in [0, 0.05) is 18.3 Å². The van der Waals surface area contributed by atoms with Gasteiger partial charge in [-0.1, -0.05) is 15.9 Å². The van der Waals surface area contributed by atoms with Gasteiger partial charge in [0.25, 0.3) is 0 Å². The number of carbonyl (C=O) groups is 2. The Hall–Kier alpha value is -1.36. The largest absolute Gasteiger partial charge is 0.424 e. The van der Waals surface area contributed by atoms with Crippen LogP contribution in [-0.2, 0) is 9.59 Å². The second-order valence-electron chi connectivity index (χ2n) is 2.92. The van der Waals surface area contributed by atoms with Crippen LogP contribution < -0.4 is 10.1 Å². The molecule has 0 radical (unpaired) electrons. The molecule has 5 heteroatoms. The smallest absolute Gasteiger partial charge is 0.308 e. The van der Waals surface area contributed by atoms with Crippen LogP contribution in [0.2, 0.25) is 0 Å². The third-order valence-electron chi connectivity index (χ3n) is 1.51. The number of rotatable bonds is 2. The second-order valence-corrected chi connectivity index (χ2v) is 3.83. The highest BCUT2D eigenvalue weighted by atomic mass is 79.9. The van der Waals surface area contributed by atoms with Crippen molar-refractivity contribution in [2.75, 3.05) is 5.32 Å². The molecule has 0 heterocycles. The molecular formula is C10H10BrNO3. The molecule has 0 saturated heterocycles. The summed E-state index contributed by atoms with van der Waals surface area (Å²) in [5.41, 5.74) is 0.465. The Morgan fingerprint density at radius 1 is 1.33 bits per heavy atom. The molecule has 15 heavy (non-hydrogen) atoms. The molecule has 0 fully saturated rings. The van der Waals surface area contributed by atoms with Crippen LogP contribution in [0.4, 0.5) is 5.69 Å². The Morgan fingerprint density at radius 2 is 2.00 bits per heavy atom. The Balaban J connectivity index is 3.02. The van der Waals surface area contributed by atoms with Gasteiger partial charge in [0.15, 0.2) is 5.75 Å². The molecular weight excluding hydrogens is 262 g/mol. The topological polar surface area (TPSA) is 55.4 Å². The zero-order valence-electron chi connectivity index (χ0n) is 8.33. The van der Waals surface area contributed by atoms with E-state index in [1.54, 1.807) is 18.2 Å². The summed E-state index contributed by atoms with van der Waals surface area (Å²) in [5, 5.41) is 2.57. The van der Waals surface area contributed by atoms with Gasteiger partial charge in [0.05, 0.1) is 5.69 Å². The molecule has 1 rings (SSSR count). The van der Waals surface area contributed by atoms with E-state index in [-0.39, 0.29) is 5.91 Å². The van der Waals surface area contributed by atoms with Crippen LogP contribution in [0.3, 0.4) is 0 Å². The Morgan fingerprint density at radius 3 is 2.53 bits per heavy atom. The molecule has 1 amide bonds. The highest BCUT2D eigenvalue weighted by Crippen LogP contribution is 2.28. The average Bonchev–Trinajstić information content (AvgIpc) is 2.08. The first kappa shape index (κ1) is 11.7. The summed E-state index contributed by atoms with van der Waals surface area (Å²) in [6.07, 6.45) is 0. The summed E-state index contributed by atoms with van der Waals surface area (Å²) in [7, 11) is 0. The fourth-order valence-electron chi connectivity index (χ4n) is 1.03. The van der Waals surface area contributed by atoms with Crippen LogP contribution in [0, 0.1) is 0 Å². The maximum absolute atomic E-state index is 10.9. The molecule has 1 aromatic rings. The molecule has 1 N–H and O–H groups in total. The van der Waals surface area contributed by atoms with Crippen molar-refractivity contribution in [2.45, 2.75) is 13.8 Å². The number of hydrogen-bond acceptors (Lipinski definition) is 3. The minimum absolute atomic E-state index is 0.221. The standard InChI is InChI=1S/C10H10BrNO3/c1-6(13)12-9-5-8(11)3-4-10(9)15-7(2)14/h3-5H,1-2H3,(H,12,13). The summed E-state index contributed by atoms with van der Waals surface area (Å²) in [6, 6.07) is 5.00. The Labute approximate surface area is 95.7 Å². The molecule has 1 aromatic carbocycles. The lowest BCUT2D eigenvalue weighted by molar-refractivity contribution is -0.131. The minimum Gasteiger partial charge on any atom is -0.424 e. The third-order valence-corrected chi connectivity index (χ3v) is 2.00. The van der Waals surface area contributed by atoms with E-state index in [2.05, 4.69) is 21.2 Å². The molecule has 0 atom stereocenters. The maximum Gasteiger partial charge on any atom is 0.308 e. The third kappa shape index (κ3) is 3.71. The first-order chi connectivity index (χ1) is 6.99. The molecule has 0 aliphatic carbocycles. The number of carbonyl (C=O) groups excluding carboxylic acids is 2. The highest BCUT2D eigenvalue weighted by molar-refractivity contribution is 9.10. The van der Waals surface area contributed by atoms with Crippen LogP contribution in [0.15, 0.2) is 22.7 Å². The fourth-order valence-corrected chi connectivity index (χ4v) is 1.39. The number of hydrogen-bond donors (Lipinski definition) is 1. The van der Waals surface area contributed by atoms with E-state index in [1.165, 1.54) is 13.8 Å². The predicted octanol–water partition coefficient (Wildman–Crippen LogP) is 2.33. The lowest BCUT2D eigenvalue weighted by Gasteiger charge is -2.09. The minimum atomic E-state index is -0.427. The lowest BCUT2D eigenvalue weighted by Crippen LogP contribution is -2.09. The number of benzene rings is 1. The quantitative estimate of drug-likeness (QED) is 0.664. The van der Waals surface area contributed by atoms with Crippen molar-refractivity contribution in [3.8, 4) is 5.75 Å². The number of halogens is 1. The van der Waals surface area contributed by atoms with Crippen molar-refractivity contribution in [2.24, 2.45) is 0 Å². The predicted molar refractivity (Wildman–Crippen MR) is 59.8 cm³/mol.